The zero-order chi connectivity index (χ0) is 17.0. The van der Waals surface area contributed by atoms with Crippen LogP contribution in [0, 0.1) is 0 Å². The van der Waals surface area contributed by atoms with Crippen LogP contribution in [0.1, 0.15) is 28.8 Å². The summed E-state index contributed by atoms with van der Waals surface area (Å²) in [5, 5.41) is 2.90. The maximum absolute atomic E-state index is 12.4. The van der Waals surface area contributed by atoms with Crippen LogP contribution in [0.25, 0.3) is 0 Å². The minimum atomic E-state index is -3.23. The second-order valence-corrected chi connectivity index (χ2v) is 9.27. The van der Waals surface area contributed by atoms with Crippen LogP contribution in [-0.4, -0.2) is 54.5 Å². The summed E-state index contributed by atoms with van der Waals surface area (Å²) in [5.41, 5.74) is 1.35. The van der Waals surface area contributed by atoms with Gasteiger partial charge in [0.15, 0.2) is 0 Å². The molecule has 128 valence electrons. The van der Waals surface area contributed by atoms with Gasteiger partial charge in [-0.2, -0.15) is 0 Å². The van der Waals surface area contributed by atoms with Gasteiger partial charge in [0.2, 0.25) is 10.0 Å². The summed E-state index contributed by atoms with van der Waals surface area (Å²) in [5.74, 6) is 0.181. The fourth-order valence-corrected chi connectivity index (χ4v) is 4.23. The largest absolute Gasteiger partial charge is 0.348 e. The Morgan fingerprint density at radius 1 is 1.43 bits per heavy atom. The molecule has 0 aromatic heterocycles. The highest BCUT2D eigenvalue weighted by atomic mass is 32.2. The van der Waals surface area contributed by atoms with Crippen molar-refractivity contribution >= 4 is 26.7 Å². The summed E-state index contributed by atoms with van der Waals surface area (Å²) in [4.78, 5) is 12.4. The standard InChI is InChI=1S/C15H22N2O4S2/c1-22(19)11-12-5-3-6-13(9-12)15(18)16-14-7-4-8-17(10-14)23(2,20)21/h3,5-6,9,14H,4,7-8,10-11H2,1-2H3,(H,16,18)/t14-,22-/m1/s1. The van der Waals surface area contributed by atoms with Crippen molar-refractivity contribution in [3.05, 3.63) is 35.4 Å². The van der Waals surface area contributed by atoms with E-state index in [2.05, 4.69) is 5.32 Å². The molecule has 2 atom stereocenters. The van der Waals surface area contributed by atoms with Gasteiger partial charge in [0.25, 0.3) is 5.91 Å². The predicted octanol–water partition coefficient (Wildman–Crippen LogP) is 0.719. The van der Waals surface area contributed by atoms with E-state index in [9.17, 15) is 17.4 Å². The van der Waals surface area contributed by atoms with Crippen molar-refractivity contribution in [3.8, 4) is 0 Å². The molecule has 1 N–H and O–H groups in total. The van der Waals surface area contributed by atoms with Gasteiger partial charge in [-0.3, -0.25) is 9.00 Å². The van der Waals surface area contributed by atoms with Crippen LogP contribution in [0.5, 0.6) is 0 Å². The Balaban J connectivity index is 2.03. The first-order chi connectivity index (χ1) is 10.8. The maximum Gasteiger partial charge on any atom is 0.251 e. The van der Waals surface area contributed by atoms with Crippen LogP contribution >= 0.6 is 0 Å². The van der Waals surface area contributed by atoms with Gasteiger partial charge < -0.3 is 5.32 Å². The van der Waals surface area contributed by atoms with E-state index >= 15 is 0 Å². The smallest absolute Gasteiger partial charge is 0.251 e. The lowest BCUT2D eigenvalue weighted by Gasteiger charge is -2.31. The Labute approximate surface area is 139 Å². The van der Waals surface area contributed by atoms with E-state index in [0.717, 1.165) is 18.4 Å². The van der Waals surface area contributed by atoms with Gasteiger partial charge in [0.05, 0.1) is 6.26 Å². The summed E-state index contributed by atoms with van der Waals surface area (Å²) in [6.07, 6.45) is 4.30. The highest BCUT2D eigenvalue weighted by Gasteiger charge is 2.27. The number of hydrogen-bond acceptors (Lipinski definition) is 4. The van der Waals surface area contributed by atoms with E-state index in [1.807, 2.05) is 6.07 Å². The Hall–Kier alpha value is -1.25. The lowest BCUT2D eigenvalue weighted by Crippen LogP contribution is -2.49. The molecule has 1 aromatic rings. The Morgan fingerprint density at radius 3 is 2.83 bits per heavy atom. The molecule has 1 aliphatic heterocycles. The normalized spacial score (nSPS) is 20.9. The van der Waals surface area contributed by atoms with E-state index in [0.29, 0.717) is 24.4 Å². The van der Waals surface area contributed by atoms with Crippen molar-refractivity contribution in [1.29, 1.82) is 0 Å². The van der Waals surface area contributed by atoms with Crippen molar-refractivity contribution < 1.29 is 17.4 Å². The SMILES string of the molecule is C[S@@](=O)Cc1cccc(C(=O)N[C@@H]2CCCN(S(C)(=O)=O)C2)c1. The summed E-state index contributed by atoms with van der Waals surface area (Å²) >= 11 is 0. The lowest BCUT2D eigenvalue weighted by atomic mass is 10.1. The predicted molar refractivity (Wildman–Crippen MR) is 91.1 cm³/mol. The number of hydrogen-bond donors (Lipinski definition) is 1. The molecule has 0 aliphatic carbocycles. The van der Waals surface area contributed by atoms with Crippen LogP contribution in [-0.2, 0) is 26.6 Å². The van der Waals surface area contributed by atoms with E-state index in [-0.39, 0.29) is 11.9 Å². The first-order valence-electron chi connectivity index (χ1n) is 7.40. The number of nitrogens with zero attached hydrogens (tertiary/aromatic N) is 1. The van der Waals surface area contributed by atoms with Gasteiger partial charge in [0.1, 0.15) is 0 Å². The quantitative estimate of drug-likeness (QED) is 0.841. The first-order valence-corrected chi connectivity index (χ1v) is 11.0. The molecule has 0 unspecified atom stereocenters. The van der Waals surface area contributed by atoms with E-state index in [1.54, 1.807) is 24.5 Å². The number of sulfonamides is 1. The molecule has 1 aromatic carbocycles. The summed E-state index contributed by atoms with van der Waals surface area (Å²) in [6, 6.07) is 6.85. The Kier molecular flexibility index (Phi) is 5.94. The average Bonchev–Trinajstić information content (AvgIpc) is 2.46. The van der Waals surface area contributed by atoms with Crippen LogP contribution in [0.4, 0.5) is 0 Å². The molecule has 0 saturated carbocycles. The summed E-state index contributed by atoms with van der Waals surface area (Å²) < 4.78 is 35.9. The Morgan fingerprint density at radius 2 is 2.17 bits per heavy atom. The number of rotatable bonds is 5. The molecule has 1 heterocycles. The number of carbonyl (C=O) groups excluding carboxylic acids is 1. The van der Waals surface area contributed by atoms with Crippen molar-refractivity contribution in [2.24, 2.45) is 0 Å². The molecule has 1 amide bonds. The monoisotopic (exact) mass is 358 g/mol. The van der Waals surface area contributed by atoms with Crippen LogP contribution < -0.4 is 5.32 Å². The molecule has 0 radical (unpaired) electrons. The van der Waals surface area contributed by atoms with E-state index in [1.165, 1.54) is 10.6 Å². The maximum atomic E-state index is 12.4. The fourth-order valence-electron chi connectivity index (χ4n) is 2.67. The van der Waals surface area contributed by atoms with Crippen LogP contribution in [0.3, 0.4) is 0 Å². The number of nitrogens with one attached hydrogen (secondary N) is 1. The number of piperidine rings is 1. The third-order valence-corrected chi connectivity index (χ3v) is 5.76. The average molecular weight is 358 g/mol. The molecular weight excluding hydrogens is 336 g/mol. The third-order valence-electron chi connectivity index (χ3n) is 3.75. The lowest BCUT2D eigenvalue weighted by molar-refractivity contribution is 0.0921. The molecule has 6 nitrogen and oxygen atoms in total. The van der Waals surface area contributed by atoms with Crippen molar-refractivity contribution in [2.75, 3.05) is 25.6 Å². The van der Waals surface area contributed by atoms with Crippen LogP contribution in [0.2, 0.25) is 0 Å². The highest BCUT2D eigenvalue weighted by molar-refractivity contribution is 7.88. The number of carbonyl (C=O) groups is 1. The molecule has 8 heteroatoms. The molecule has 2 rings (SSSR count). The molecule has 23 heavy (non-hydrogen) atoms. The first kappa shape index (κ1) is 18.1. The summed E-state index contributed by atoms with van der Waals surface area (Å²) in [6.45, 7) is 0.812. The van der Waals surface area contributed by atoms with Crippen molar-refractivity contribution in [2.45, 2.75) is 24.6 Å². The van der Waals surface area contributed by atoms with Gasteiger partial charge in [-0.25, -0.2) is 12.7 Å². The van der Waals surface area contributed by atoms with E-state index in [4.69, 9.17) is 0 Å². The van der Waals surface area contributed by atoms with Gasteiger partial charge in [-0.1, -0.05) is 12.1 Å². The number of amides is 1. The van der Waals surface area contributed by atoms with Gasteiger partial charge >= 0.3 is 0 Å². The zero-order valence-electron chi connectivity index (χ0n) is 13.3. The molecular formula is C15H22N2O4S2. The fraction of sp³-hybridized carbons (Fsp3) is 0.533. The third kappa shape index (κ3) is 5.40. The molecule has 1 aliphatic rings. The minimum absolute atomic E-state index is 0.185. The summed E-state index contributed by atoms with van der Waals surface area (Å²) in [7, 11) is -4.20. The van der Waals surface area contributed by atoms with Crippen molar-refractivity contribution in [3.63, 3.8) is 0 Å². The van der Waals surface area contributed by atoms with Gasteiger partial charge in [-0.15, -0.1) is 0 Å². The van der Waals surface area contributed by atoms with Crippen LogP contribution in [0.15, 0.2) is 24.3 Å². The minimum Gasteiger partial charge on any atom is -0.348 e. The highest BCUT2D eigenvalue weighted by Crippen LogP contribution is 2.14. The van der Waals surface area contributed by atoms with Gasteiger partial charge in [-0.05, 0) is 30.5 Å². The second-order valence-electron chi connectivity index (χ2n) is 5.85. The molecule has 1 saturated heterocycles. The molecule has 0 bridgehead atoms. The van der Waals surface area contributed by atoms with E-state index < -0.39 is 20.8 Å². The zero-order valence-corrected chi connectivity index (χ0v) is 15.0. The van der Waals surface area contributed by atoms with Crippen molar-refractivity contribution in [1.82, 2.24) is 9.62 Å². The Bertz CT molecular complexity index is 703. The molecule has 1 fully saturated rings. The number of benzene rings is 1. The van der Waals surface area contributed by atoms with Gasteiger partial charge in [0, 0.05) is 47.5 Å². The second kappa shape index (κ2) is 7.55. The topological polar surface area (TPSA) is 83.6 Å². The molecule has 0 spiro atoms.